The molecular weight excluding hydrogens is 423 g/mol. The number of halogens is 2. The maximum atomic E-state index is 12.8. The van der Waals surface area contributed by atoms with Gasteiger partial charge in [-0.3, -0.25) is 9.59 Å². The van der Waals surface area contributed by atoms with Gasteiger partial charge in [-0.1, -0.05) is 49.2 Å². The van der Waals surface area contributed by atoms with Crippen LogP contribution in [0.1, 0.15) is 42.6 Å². The van der Waals surface area contributed by atoms with Gasteiger partial charge < -0.3 is 14.5 Å². The first-order chi connectivity index (χ1) is 14.3. The molecule has 1 unspecified atom stereocenters. The Bertz CT molecular complexity index is 907. The smallest absolute Gasteiger partial charge is 0.263 e. The van der Waals surface area contributed by atoms with Gasteiger partial charge in [-0.25, -0.2) is 0 Å². The van der Waals surface area contributed by atoms with Crippen LogP contribution in [-0.4, -0.2) is 53.9 Å². The SMILES string of the molecule is CC(Oc1ccc(C(C)C)cc1)C(=O)N1CCN(C(=O)c2ccc(Cl)c(Cl)c2)CC1. The molecule has 2 aromatic rings. The predicted molar refractivity (Wildman–Crippen MR) is 120 cm³/mol. The molecular formula is C23H26Cl2N2O3. The molecule has 5 nitrogen and oxygen atoms in total. The van der Waals surface area contributed by atoms with Crippen LogP contribution < -0.4 is 4.74 Å². The Hall–Kier alpha value is -2.24. The summed E-state index contributed by atoms with van der Waals surface area (Å²) in [6.45, 7) is 7.87. The van der Waals surface area contributed by atoms with Crippen molar-refractivity contribution < 1.29 is 14.3 Å². The van der Waals surface area contributed by atoms with Crippen LogP contribution in [0.3, 0.4) is 0 Å². The van der Waals surface area contributed by atoms with E-state index >= 15 is 0 Å². The molecule has 1 saturated heterocycles. The summed E-state index contributed by atoms with van der Waals surface area (Å²) < 4.78 is 5.83. The molecule has 0 spiro atoms. The van der Waals surface area contributed by atoms with E-state index in [2.05, 4.69) is 13.8 Å². The van der Waals surface area contributed by atoms with Crippen molar-refractivity contribution in [2.75, 3.05) is 26.2 Å². The zero-order valence-corrected chi connectivity index (χ0v) is 18.9. The van der Waals surface area contributed by atoms with Gasteiger partial charge >= 0.3 is 0 Å². The molecule has 30 heavy (non-hydrogen) atoms. The van der Waals surface area contributed by atoms with Crippen LogP contribution in [0.25, 0.3) is 0 Å². The number of ether oxygens (including phenoxy) is 1. The number of rotatable bonds is 5. The maximum Gasteiger partial charge on any atom is 0.263 e. The lowest BCUT2D eigenvalue weighted by atomic mass is 10.0. The molecule has 0 N–H and O–H groups in total. The summed E-state index contributed by atoms with van der Waals surface area (Å²) in [5.41, 5.74) is 1.72. The van der Waals surface area contributed by atoms with Crippen LogP contribution in [0.15, 0.2) is 42.5 Å². The van der Waals surface area contributed by atoms with E-state index in [1.165, 1.54) is 5.56 Å². The van der Waals surface area contributed by atoms with Gasteiger partial charge in [0.2, 0.25) is 0 Å². The van der Waals surface area contributed by atoms with E-state index in [0.717, 1.165) is 0 Å². The van der Waals surface area contributed by atoms with Crippen molar-refractivity contribution >= 4 is 35.0 Å². The molecule has 7 heteroatoms. The highest BCUT2D eigenvalue weighted by atomic mass is 35.5. The summed E-state index contributed by atoms with van der Waals surface area (Å²) in [6.07, 6.45) is -0.591. The summed E-state index contributed by atoms with van der Waals surface area (Å²) in [7, 11) is 0. The molecule has 1 heterocycles. The quantitative estimate of drug-likeness (QED) is 0.655. The fourth-order valence-electron chi connectivity index (χ4n) is 3.38. The van der Waals surface area contributed by atoms with Gasteiger partial charge in [0.1, 0.15) is 5.75 Å². The third-order valence-electron chi connectivity index (χ3n) is 5.25. The zero-order valence-electron chi connectivity index (χ0n) is 17.4. The Morgan fingerprint density at radius 2 is 1.47 bits per heavy atom. The number of piperazine rings is 1. The van der Waals surface area contributed by atoms with Gasteiger partial charge in [0, 0.05) is 31.7 Å². The Morgan fingerprint density at radius 3 is 2.03 bits per heavy atom. The second kappa shape index (κ2) is 9.71. The Kier molecular flexibility index (Phi) is 7.27. The number of hydrogen-bond acceptors (Lipinski definition) is 3. The van der Waals surface area contributed by atoms with E-state index in [-0.39, 0.29) is 11.8 Å². The molecule has 160 valence electrons. The highest BCUT2D eigenvalue weighted by Crippen LogP contribution is 2.24. The first-order valence-corrected chi connectivity index (χ1v) is 10.8. The van der Waals surface area contributed by atoms with E-state index in [1.807, 2.05) is 24.3 Å². The molecule has 2 aromatic carbocycles. The molecule has 0 radical (unpaired) electrons. The molecule has 0 aromatic heterocycles. The maximum absolute atomic E-state index is 12.8. The molecule has 2 amide bonds. The highest BCUT2D eigenvalue weighted by molar-refractivity contribution is 6.42. The predicted octanol–water partition coefficient (Wildman–Crippen LogP) is 4.87. The van der Waals surface area contributed by atoms with Gasteiger partial charge in [0.15, 0.2) is 6.10 Å². The monoisotopic (exact) mass is 448 g/mol. The topological polar surface area (TPSA) is 49.9 Å². The molecule has 1 fully saturated rings. The van der Waals surface area contributed by atoms with Crippen LogP contribution in [0.4, 0.5) is 0 Å². The average molecular weight is 449 g/mol. The van der Waals surface area contributed by atoms with E-state index in [9.17, 15) is 9.59 Å². The minimum Gasteiger partial charge on any atom is -0.481 e. The minimum absolute atomic E-state index is 0.0791. The van der Waals surface area contributed by atoms with Crippen molar-refractivity contribution in [2.45, 2.75) is 32.8 Å². The summed E-state index contributed by atoms with van der Waals surface area (Å²) in [5.74, 6) is 0.925. The van der Waals surface area contributed by atoms with Crippen molar-refractivity contribution in [1.82, 2.24) is 9.80 Å². The van der Waals surface area contributed by atoms with Gasteiger partial charge in [-0.05, 0) is 48.7 Å². The molecule has 1 aliphatic heterocycles. The zero-order chi connectivity index (χ0) is 21.8. The van der Waals surface area contributed by atoms with Crippen molar-refractivity contribution in [3.8, 4) is 5.75 Å². The van der Waals surface area contributed by atoms with Crippen molar-refractivity contribution in [3.05, 3.63) is 63.6 Å². The standard InChI is InChI=1S/C23H26Cl2N2O3/c1-15(2)17-4-7-19(8-5-17)30-16(3)22(28)26-10-12-27(13-11-26)23(29)18-6-9-20(24)21(25)14-18/h4-9,14-16H,10-13H2,1-3H3. The summed E-state index contributed by atoms with van der Waals surface area (Å²) in [5, 5.41) is 0.764. The summed E-state index contributed by atoms with van der Waals surface area (Å²) in [4.78, 5) is 28.9. The van der Waals surface area contributed by atoms with Gasteiger partial charge in [-0.2, -0.15) is 0 Å². The third-order valence-corrected chi connectivity index (χ3v) is 5.99. The van der Waals surface area contributed by atoms with Crippen LogP contribution in [-0.2, 0) is 4.79 Å². The van der Waals surface area contributed by atoms with Crippen LogP contribution >= 0.6 is 23.2 Å². The highest BCUT2D eigenvalue weighted by Gasteiger charge is 2.28. The molecule has 0 saturated carbocycles. The number of nitrogens with zero attached hydrogens (tertiary/aromatic N) is 2. The summed E-state index contributed by atoms with van der Waals surface area (Å²) in [6, 6.07) is 12.7. The third kappa shape index (κ3) is 5.27. The number of carbonyl (C=O) groups is 2. The molecule has 1 atom stereocenters. The van der Waals surface area contributed by atoms with Crippen LogP contribution in [0, 0.1) is 0 Å². The molecule has 3 rings (SSSR count). The normalized spacial score (nSPS) is 15.3. The van der Waals surface area contributed by atoms with Crippen LogP contribution in [0.5, 0.6) is 5.75 Å². The van der Waals surface area contributed by atoms with Crippen molar-refractivity contribution in [1.29, 1.82) is 0 Å². The number of hydrogen-bond donors (Lipinski definition) is 0. The lowest BCUT2D eigenvalue weighted by molar-refractivity contribution is -0.139. The average Bonchev–Trinajstić information content (AvgIpc) is 2.75. The van der Waals surface area contributed by atoms with E-state index in [0.29, 0.717) is 53.5 Å². The van der Waals surface area contributed by atoms with Gasteiger partial charge in [0.25, 0.3) is 11.8 Å². The van der Waals surface area contributed by atoms with Gasteiger partial charge in [-0.15, -0.1) is 0 Å². The van der Waals surface area contributed by atoms with E-state index in [4.69, 9.17) is 27.9 Å². The van der Waals surface area contributed by atoms with Crippen molar-refractivity contribution in [2.24, 2.45) is 0 Å². The minimum atomic E-state index is -0.591. The van der Waals surface area contributed by atoms with Gasteiger partial charge in [0.05, 0.1) is 10.0 Å². The number of benzene rings is 2. The largest absolute Gasteiger partial charge is 0.481 e. The number of amides is 2. The Labute approximate surface area is 187 Å². The lowest BCUT2D eigenvalue weighted by Gasteiger charge is -2.36. The fourth-order valence-corrected chi connectivity index (χ4v) is 3.68. The summed E-state index contributed by atoms with van der Waals surface area (Å²) >= 11 is 11.9. The molecule has 0 aliphatic carbocycles. The van der Waals surface area contributed by atoms with E-state index < -0.39 is 6.10 Å². The van der Waals surface area contributed by atoms with Crippen molar-refractivity contribution in [3.63, 3.8) is 0 Å². The molecule has 0 bridgehead atoms. The first kappa shape index (κ1) is 22.4. The lowest BCUT2D eigenvalue weighted by Crippen LogP contribution is -2.53. The Morgan fingerprint density at radius 1 is 0.867 bits per heavy atom. The fraction of sp³-hybridized carbons (Fsp3) is 0.391. The number of carbonyl (C=O) groups excluding carboxylic acids is 2. The van der Waals surface area contributed by atoms with E-state index in [1.54, 1.807) is 34.9 Å². The molecule has 1 aliphatic rings. The Balaban J connectivity index is 1.54. The first-order valence-electron chi connectivity index (χ1n) is 10.1. The van der Waals surface area contributed by atoms with Crippen LogP contribution in [0.2, 0.25) is 10.0 Å². The second-order valence-electron chi connectivity index (χ2n) is 7.73. The second-order valence-corrected chi connectivity index (χ2v) is 8.54.